The number of thiophene rings is 1. The number of aromatic amines is 1. The number of fused-ring (bicyclic) bond motifs is 1. The maximum absolute atomic E-state index is 13.6. The second kappa shape index (κ2) is 10.1. The minimum atomic E-state index is -0.586. The summed E-state index contributed by atoms with van der Waals surface area (Å²) in [6.45, 7) is 3.29. The van der Waals surface area contributed by atoms with Gasteiger partial charge in [-0.05, 0) is 41.2 Å². The van der Waals surface area contributed by atoms with E-state index in [1.807, 2.05) is 75.9 Å². The summed E-state index contributed by atoms with van der Waals surface area (Å²) in [4.78, 5) is 29.9. The third kappa shape index (κ3) is 4.54. The highest BCUT2D eigenvalue weighted by atomic mass is 32.1. The van der Waals surface area contributed by atoms with Crippen molar-refractivity contribution < 1.29 is 4.52 Å². The molecule has 3 heterocycles. The Morgan fingerprint density at radius 1 is 0.868 bits per heavy atom. The van der Waals surface area contributed by atoms with E-state index in [-0.39, 0.29) is 5.69 Å². The predicted octanol–water partition coefficient (Wildman–Crippen LogP) is 5.73. The highest BCUT2D eigenvalue weighted by molar-refractivity contribution is 7.18. The Balaban J connectivity index is 1.31. The van der Waals surface area contributed by atoms with Gasteiger partial charge in [-0.1, -0.05) is 90.9 Å². The van der Waals surface area contributed by atoms with Crippen molar-refractivity contribution in [2.24, 2.45) is 0 Å². The number of aromatic nitrogens is 4. The zero-order chi connectivity index (χ0) is 26.1. The number of benzene rings is 3. The molecule has 8 heteroatoms. The summed E-state index contributed by atoms with van der Waals surface area (Å²) in [5.74, 6) is -0.192. The quantitative estimate of drug-likeness (QED) is 0.277. The van der Waals surface area contributed by atoms with E-state index < -0.39 is 5.76 Å². The van der Waals surface area contributed by atoms with Crippen LogP contribution in [0.3, 0.4) is 0 Å². The Labute approximate surface area is 222 Å². The number of rotatable bonds is 8. The second-order valence-corrected chi connectivity index (χ2v) is 10.3. The summed E-state index contributed by atoms with van der Waals surface area (Å²) in [5.41, 5.74) is 5.99. The smallest absolute Gasteiger partial charge is 0.296 e. The van der Waals surface area contributed by atoms with Gasteiger partial charge in [-0.2, -0.15) is 0 Å². The van der Waals surface area contributed by atoms with Crippen molar-refractivity contribution in [2.45, 2.75) is 32.9 Å². The first-order valence-electron chi connectivity index (χ1n) is 12.6. The van der Waals surface area contributed by atoms with Crippen molar-refractivity contribution in [3.05, 3.63) is 122 Å². The van der Waals surface area contributed by atoms with Gasteiger partial charge in [0.2, 0.25) is 0 Å². The van der Waals surface area contributed by atoms with Gasteiger partial charge in [0.15, 0.2) is 5.82 Å². The van der Waals surface area contributed by atoms with Crippen LogP contribution in [0, 0.1) is 0 Å². The third-order valence-corrected chi connectivity index (χ3v) is 8.08. The second-order valence-electron chi connectivity index (χ2n) is 9.20. The number of aryl methyl sites for hydroxylation is 3. The topological polar surface area (TPSA) is 85.8 Å². The fourth-order valence-corrected chi connectivity index (χ4v) is 5.91. The monoisotopic (exact) mass is 522 g/mol. The van der Waals surface area contributed by atoms with E-state index in [2.05, 4.69) is 35.3 Å². The van der Waals surface area contributed by atoms with Crippen LogP contribution in [0.4, 0.5) is 0 Å². The van der Waals surface area contributed by atoms with Crippen LogP contribution >= 0.6 is 11.3 Å². The summed E-state index contributed by atoms with van der Waals surface area (Å²) in [6, 6.07) is 28.3. The summed E-state index contributed by atoms with van der Waals surface area (Å²) in [5, 5.41) is 3.85. The van der Waals surface area contributed by atoms with Gasteiger partial charge in [0.25, 0.3) is 0 Å². The number of nitrogens with zero attached hydrogens (tertiary/aromatic N) is 3. The molecule has 3 aromatic heterocycles. The maximum atomic E-state index is 13.6. The van der Waals surface area contributed by atoms with Crippen LogP contribution < -0.4 is 11.4 Å². The first-order chi connectivity index (χ1) is 18.6. The van der Waals surface area contributed by atoms with Gasteiger partial charge < -0.3 is 0 Å². The lowest BCUT2D eigenvalue weighted by molar-refractivity contribution is 0.388. The molecule has 0 atom stereocenters. The largest absolute Gasteiger partial charge is 0.439 e. The predicted molar refractivity (Wildman–Crippen MR) is 151 cm³/mol. The number of hydrogen-bond donors (Lipinski definition) is 1. The van der Waals surface area contributed by atoms with Crippen molar-refractivity contribution >= 4 is 21.7 Å². The lowest BCUT2D eigenvalue weighted by Crippen LogP contribution is -2.25. The van der Waals surface area contributed by atoms with Gasteiger partial charge in [-0.15, -0.1) is 11.3 Å². The molecule has 0 saturated carbocycles. The van der Waals surface area contributed by atoms with Gasteiger partial charge in [0.05, 0.1) is 12.1 Å². The summed E-state index contributed by atoms with van der Waals surface area (Å²) < 4.78 is 8.52. The first-order valence-corrected chi connectivity index (χ1v) is 13.4. The summed E-state index contributed by atoms with van der Waals surface area (Å²) >= 11 is 1.70. The minimum absolute atomic E-state index is 0.0224. The molecule has 190 valence electrons. The van der Waals surface area contributed by atoms with Crippen LogP contribution in [0.2, 0.25) is 0 Å². The van der Waals surface area contributed by atoms with E-state index in [0.717, 1.165) is 45.4 Å². The number of hydrogen-bond acceptors (Lipinski definition) is 5. The Hall–Kier alpha value is -4.43. The van der Waals surface area contributed by atoms with Crippen molar-refractivity contribution in [2.75, 3.05) is 0 Å². The van der Waals surface area contributed by atoms with E-state index in [1.54, 1.807) is 11.3 Å². The van der Waals surface area contributed by atoms with Crippen LogP contribution in [-0.2, 0) is 25.9 Å². The van der Waals surface area contributed by atoms with Crippen LogP contribution in [-0.4, -0.2) is 19.3 Å². The van der Waals surface area contributed by atoms with Crippen LogP contribution in [0.25, 0.3) is 32.9 Å². The zero-order valence-electron chi connectivity index (χ0n) is 20.9. The van der Waals surface area contributed by atoms with E-state index in [4.69, 9.17) is 4.52 Å². The SMILES string of the molecule is CCc1cc2c(s1)n(Cc1ccc(-c3ccccc3-c3noc(=O)[nH]3)cc1)c(=O)n2CCc1ccccc1. The van der Waals surface area contributed by atoms with E-state index in [0.29, 0.717) is 18.9 Å². The highest BCUT2D eigenvalue weighted by Crippen LogP contribution is 2.30. The molecule has 0 radical (unpaired) electrons. The lowest BCUT2D eigenvalue weighted by atomic mass is 9.98. The zero-order valence-corrected chi connectivity index (χ0v) is 21.7. The molecule has 0 unspecified atom stereocenters. The van der Waals surface area contributed by atoms with Crippen molar-refractivity contribution in [3.63, 3.8) is 0 Å². The molecule has 0 amide bonds. The van der Waals surface area contributed by atoms with Gasteiger partial charge in [0, 0.05) is 17.0 Å². The van der Waals surface area contributed by atoms with E-state index in [9.17, 15) is 9.59 Å². The molecule has 1 N–H and O–H groups in total. The molecule has 0 aliphatic carbocycles. The maximum Gasteiger partial charge on any atom is 0.439 e. The Bertz CT molecular complexity index is 1820. The van der Waals surface area contributed by atoms with Crippen molar-refractivity contribution in [1.82, 2.24) is 19.3 Å². The third-order valence-electron chi connectivity index (χ3n) is 6.79. The van der Waals surface area contributed by atoms with Gasteiger partial charge in [-0.25, -0.2) is 9.59 Å². The molecule has 0 bridgehead atoms. The molecule has 0 aliphatic rings. The Morgan fingerprint density at radius 2 is 1.61 bits per heavy atom. The van der Waals surface area contributed by atoms with Gasteiger partial charge >= 0.3 is 11.4 Å². The molecule has 7 nitrogen and oxygen atoms in total. The van der Waals surface area contributed by atoms with Crippen LogP contribution in [0.15, 0.2) is 99.0 Å². The molecule has 6 aromatic rings. The molecule has 38 heavy (non-hydrogen) atoms. The fraction of sp³-hybridized carbons (Fsp3) is 0.167. The number of imidazole rings is 1. The minimum Gasteiger partial charge on any atom is -0.296 e. The van der Waals surface area contributed by atoms with Gasteiger partial charge in [0.1, 0.15) is 4.83 Å². The molecular weight excluding hydrogens is 496 g/mol. The molecule has 0 aliphatic heterocycles. The summed E-state index contributed by atoms with van der Waals surface area (Å²) in [7, 11) is 0. The highest BCUT2D eigenvalue weighted by Gasteiger charge is 2.17. The van der Waals surface area contributed by atoms with Crippen LogP contribution in [0.5, 0.6) is 0 Å². The molecule has 6 rings (SSSR count). The van der Waals surface area contributed by atoms with Crippen molar-refractivity contribution in [3.8, 4) is 22.5 Å². The van der Waals surface area contributed by atoms with E-state index in [1.165, 1.54) is 10.4 Å². The molecule has 0 saturated heterocycles. The number of nitrogens with one attached hydrogen (secondary N) is 1. The summed E-state index contributed by atoms with van der Waals surface area (Å²) in [6.07, 6.45) is 1.75. The number of H-pyrrole nitrogens is 1. The van der Waals surface area contributed by atoms with Gasteiger partial charge in [-0.3, -0.25) is 18.6 Å². The molecule has 3 aromatic carbocycles. The van der Waals surface area contributed by atoms with Crippen molar-refractivity contribution in [1.29, 1.82) is 0 Å². The Kier molecular flexibility index (Phi) is 6.39. The first kappa shape index (κ1) is 23.9. The molecular formula is C30H26N4O3S. The van der Waals surface area contributed by atoms with E-state index >= 15 is 0 Å². The molecule has 0 spiro atoms. The average molecular weight is 523 g/mol. The lowest BCUT2D eigenvalue weighted by Gasteiger charge is -2.09. The average Bonchev–Trinajstić information content (AvgIpc) is 3.64. The Morgan fingerprint density at radius 3 is 2.32 bits per heavy atom. The normalized spacial score (nSPS) is 11.4. The standard InChI is InChI=1S/C30H26N4O3S/c1-2-23-18-26-28(38-23)34(30(36)33(26)17-16-20-8-4-3-5-9-20)19-21-12-14-22(15-13-21)24-10-6-7-11-25(24)27-31-29(35)37-32-27/h3-15,18H,2,16-17,19H2,1H3,(H,31,32,35). The van der Waals surface area contributed by atoms with Crippen LogP contribution in [0.1, 0.15) is 22.9 Å². The fourth-order valence-electron chi connectivity index (χ4n) is 4.82. The molecule has 0 fully saturated rings.